The Labute approximate surface area is 230 Å². The zero-order chi connectivity index (χ0) is 29.1. The molecule has 3 aliphatic rings. The molecular formula is C27H35F3N2O6S. The maximum Gasteiger partial charge on any atom is 0.490 e. The van der Waals surface area contributed by atoms with Crippen LogP contribution in [0, 0.1) is 17.8 Å². The molecule has 216 valence electrons. The number of methoxy groups -OCH3 is 1. The van der Waals surface area contributed by atoms with Gasteiger partial charge in [-0.3, -0.25) is 24.6 Å². The number of alkyl halides is 3. The molecule has 1 aromatic carbocycles. The number of hydrogen-bond donors (Lipinski definition) is 2. The predicted octanol–water partition coefficient (Wildman–Crippen LogP) is 4.58. The van der Waals surface area contributed by atoms with E-state index >= 15 is 0 Å². The highest BCUT2D eigenvalue weighted by Crippen LogP contribution is 2.51. The monoisotopic (exact) mass is 572 g/mol. The lowest BCUT2D eigenvalue weighted by molar-refractivity contribution is -0.192. The first-order valence-electron chi connectivity index (χ1n) is 13.0. The number of carbonyl (C=O) groups is 4. The number of carboxylic acid groups (broad SMARTS) is 1. The molecule has 4 atom stereocenters. The van der Waals surface area contributed by atoms with Gasteiger partial charge in [0, 0.05) is 23.2 Å². The number of hydrogen-bond acceptors (Lipinski definition) is 7. The molecule has 3 fully saturated rings. The highest BCUT2D eigenvalue weighted by molar-refractivity contribution is 8.00. The number of rotatable bonds is 6. The molecule has 0 radical (unpaired) electrons. The average Bonchev–Trinajstić information content (AvgIpc) is 3.33. The number of likely N-dealkylation sites (tertiary alicyclic amines) is 1. The predicted molar refractivity (Wildman–Crippen MR) is 138 cm³/mol. The minimum Gasteiger partial charge on any atom is -0.475 e. The Kier molecular flexibility index (Phi) is 9.74. The van der Waals surface area contributed by atoms with Crippen LogP contribution in [0.1, 0.15) is 64.0 Å². The molecule has 1 aromatic rings. The van der Waals surface area contributed by atoms with Gasteiger partial charge in [0.05, 0.1) is 18.9 Å². The molecule has 0 unspecified atom stereocenters. The van der Waals surface area contributed by atoms with Crippen LogP contribution >= 0.6 is 11.8 Å². The van der Waals surface area contributed by atoms with Gasteiger partial charge in [0.15, 0.2) is 0 Å². The van der Waals surface area contributed by atoms with E-state index in [1.165, 1.54) is 56.1 Å². The Morgan fingerprint density at radius 3 is 2.18 bits per heavy atom. The lowest BCUT2D eigenvalue weighted by Crippen LogP contribution is -2.56. The maximum absolute atomic E-state index is 13.1. The SMILES string of the molecule is COC(=O)[C@]1(CC(C)C)N[C@H](c2ccc(SC3CCCCC3)cc2)[C@@H]2C(=O)N(C)C(=O)[C@@H]21.O=C(O)C(F)(F)F. The molecule has 2 heterocycles. The van der Waals surface area contributed by atoms with Crippen LogP contribution in [0.5, 0.6) is 0 Å². The van der Waals surface area contributed by atoms with E-state index in [1.807, 2.05) is 37.7 Å². The van der Waals surface area contributed by atoms with Crippen LogP contribution in [0.15, 0.2) is 29.2 Å². The van der Waals surface area contributed by atoms with Gasteiger partial charge in [-0.2, -0.15) is 13.2 Å². The number of ether oxygens (including phenoxy) is 1. The minimum atomic E-state index is -5.08. The number of carboxylic acids is 1. The van der Waals surface area contributed by atoms with Crippen LogP contribution in [-0.4, -0.2) is 64.9 Å². The summed E-state index contributed by atoms with van der Waals surface area (Å²) < 4.78 is 36.9. The second-order valence-electron chi connectivity index (χ2n) is 10.7. The highest BCUT2D eigenvalue weighted by atomic mass is 32.2. The van der Waals surface area contributed by atoms with Crippen LogP contribution < -0.4 is 5.32 Å². The average molecular weight is 573 g/mol. The van der Waals surface area contributed by atoms with Crippen molar-refractivity contribution < 1.29 is 42.2 Å². The van der Waals surface area contributed by atoms with Crippen LogP contribution in [0.3, 0.4) is 0 Å². The highest BCUT2D eigenvalue weighted by Gasteiger charge is 2.68. The van der Waals surface area contributed by atoms with Crippen LogP contribution in [0.2, 0.25) is 0 Å². The second-order valence-corrected chi connectivity index (χ2v) is 12.0. The van der Waals surface area contributed by atoms with E-state index < -0.39 is 41.5 Å². The summed E-state index contributed by atoms with van der Waals surface area (Å²) >= 11 is 1.93. The number of carbonyl (C=O) groups excluding carboxylic acids is 3. The number of thioether (sulfide) groups is 1. The lowest BCUT2D eigenvalue weighted by Gasteiger charge is -2.33. The van der Waals surface area contributed by atoms with Crippen molar-refractivity contribution in [2.24, 2.45) is 17.8 Å². The van der Waals surface area contributed by atoms with Crippen LogP contribution in [0.25, 0.3) is 0 Å². The fourth-order valence-corrected chi connectivity index (χ4v) is 7.09. The Hall–Kier alpha value is -2.60. The lowest BCUT2D eigenvalue weighted by atomic mass is 9.75. The third-order valence-electron chi connectivity index (χ3n) is 7.49. The molecule has 2 N–H and O–H groups in total. The maximum atomic E-state index is 13.1. The summed E-state index contributed by atoms with van der Waals surface area (Å²) in [6.45, 7) is 4.02. The zero-order valence-electron chi connectivity index (χ0n) is 22.4. The normalized spacial score (nSPS) is 27.3. The van der Waals surface area contributed by atoms with Gasteiger partial charge in [0.1, 0.15) is 5.54 Å². The van der Waals surface area contributed by atoms with Gasteiger partial charge in [-0.1, -0.05) is 45.2 Å². The number of benzene rings is 1. The number of esters is 1. The molecule has 2 saturated heterocycles. The Bertz CT molecular complexity index is 1070. The second kappa shape index (κ2) is 12.3. The number of amides is 2. The van der Waals surface area contributed by atoms with Crippen molar-refractivity contribution in [3.63, 3.8) is 0 Å². The summed E-state index contributed by atoms with van der Waals surface area (Å²) in [5.41, 5.74) is -0.273. The van der Waals surface area contributed by atoms with Gasteiger partial charge >= 0.3 is 18.1 Å². The first kappa shape index (κ1) is 30.9. The Morgan fingerprint density at radius 2 is 1.69 bits per heavy atom. The molecule has 2 amide bonds. The van der Waals surface area contributed by atoms with Crippen molar-refractivity contribution in [2.75, 3.05) is 14.2 Å². The summed E-state index contributed by atoms with van der Waals surface area (Å²) in [4.78, 5) is 50.6. The number of nitrogens with one attached hydrogen (secondary N) is 1. The molecule has 4 rings (SSSR count). The van der Waals surface area contributed by atoms with Crippen molar-refractivity contribution in [1.29, 1.82) is 0 Å². The van der Waals surface area contributed by atoms with Crippen molar-refractivity contribution in [2.45, 2.75) is 80.3 Å². The number of nitrogens with zero attached hydrogens (tertiary/aromatic N) is 1. The molecular weight excluding hydrogens is 537 g/mol. The molecule has 1 aliphatic carbocycles. The van der Waals surface area contributed by atoms with E-state index in [-0.39, 0.29) is 17.7 Å². The molecule has 0 aromatic heterocycles. The number of fused-ring (bicyclic) bond motifs is 1. The first-order valence-corrected chi connectivity index (χ1v) is 13.8. The number of aliphatic carboxylic acids is 1. The van der Waals surface area contributed by atoms with Gasteiger partial charge in [-0.25, -0.2) is 4.79 Å². The van der Waals surface area contributed by atoms with Crippen molar-refractivity contribution in [3.05, 3.63) is 29.8 Å². The standard InChI is InChI=1S/C25H34N2O4S.C2HF3O2/c1-15(2)14-25(24(30)31-4)20-19(22(28)27(3)23(20)29)21(26-25)16-10-12-18(13-11-16)32-17-8-6-5-7-9-17;3-2(4,5)1(6)7/h10-13,15,17,19-21,26H,5-9,14H2,1-4H3;(H,6,7)/t19-,20-,21-,25-;/m1./s1. The topological polar surface area (TPSA) is 113 Å². The van der Waals surface area contributed by atoms with Crippen molar-refractivity contribution in [1.82, 2.24) is 10.2 Å². The number of halogens is 3. The largest absolute Gasteiger partial charge is 0.490 e. The van der Waals surface area contributed by atoms with E-state index in [2.05, 4.69) is 17.4 Å². The van der Waals surface area contributed by atoms with Crippen LogP contribution in [0.4, 0.5) is 13.2 Å². The molecule has 2 aliphatic heterocycles. The zero-order valence-corrected chi connectivity index (χ0v) is 23.2. The summed E-state index contributed by atoms with van der Waals surface area (Å²) in [6.07, 6.45) is 1.82. The van der Waals surface area contributed by atoms with Crippen molar-refractivity contribution >= 4 is 35.5 Å². The summed E-state index contributed by atoms with van der Waals surface area (Å²) in [6, 6.07) is 7.89. The van der Waals surface area contributed by atoms with E-state index in [4.69, 9.17) is 14.6 Å². The summed E-state index contributed by atoms with van der Waals surface area (Å²) in [5.74, 6) is -4.97. The molecule has 12 heteroatoms. The fraction of sp³-hybridized carbons (Fsp3) is 0.630. The van der Waals surface area contributed by atoms with E-state index in [0.717, 1.165) is 5.56 Å². The van der Waals surface area contributed by atoms with Gasteiger partial charge < -0.3 is 9.84 Å². The quantitative estimate of drug-likeness (QED) is 0.376. The third-order valence-corrected chi connectivity index (χ3v) is 8.84. The number of imide groups is 1. The van der Waals surface area contributed by atoms with Gasteiger partial charge in [0.25, 0.3) is 0 Å². The third kappa shape index (κ3) is 6.59. The van der Waals surface area contributed by atoms with Gasteiger partial charge in [-0.05, 0) is 42.9 Å². The molecule has 0 spiro atoms. The Balaban J connectivity index is 0.000000532. The molecule has 39 heavy (non-hydrogen) atoms. The first-order chi connectivity index (χ1) is 18.2. The molecule has 8 nitrogen and oxygen atoms in total. The van der Waals surface area contributed by atoms with E-state index in [9.17, 15) is 27.6 Å². The summed E-state index contributed by atoms with van der Waals surface area (Å²) in [5, 5.41) is 11.2. The van der Waals surface area contributed by atoms with E-state index in [1.54, 1.807) is 0 Å². The molecule has 0 bridgehead atoms. The fourth-order valence-electron chi connectivity index (χ4n) is 5.85. The van der Waals surface area contributed by atoms with E-state index in [0.29, 0.717) is 11.7 Å². The van der Waals surface area contributed by atoms with Crippen LogP contribution in [-0.2, 0) is 23.9 Å². The smallest absolute Gasteiger partial charge is 0.475 e. The minimum absolute atomic E-state index is 0.143. The summed E-state index contributed by atoms with van der Waals surface area (Å²) in [7, 11) is 2.86. The van der Waals surface area contributed by atoms with Gasteiger partial charge in [0.2, 0.25) is 11.8 Å². The van der Waals surface area contributed by atoms with Gasteiger partial charge in [-0.15, -0.1) is 11.8 Å². The Morgan fingerprint density at radius 1 is 1.13 bits per heavy atom. The van der Waals surface area contributed by atoms with Crippen molar-refractivity contribution in [3.8, 4) is 0 Å². The molecule has 1 saturated carbocycles.